The van der Waals surface area contributed by atoms with E-state index in [9.17, 15) is 28.7 Å². The van der Waals surface area contributed by atoms with E-state index in [4.69, 9.17) is 10.5 Å². The molecule has 0 aliphatic carbocycles. The Morgan fingerprint density at radius 1 is 0.952 bits per heavy atom. The Bertz CT molecular complexity index is 422. The van der Waals surface area contributed by atoms with E-state index in [1.54, 1.807) is 0 Å². The molecule has 21 heavy (non-hydrogen) atoms. The Hall–Kier alpha value is -0.0805. The molecule has 0 saturated carbocycles. The third kappa shape index (κ3) is 19.9. The molecule has 0 aliphatic heterocycles. The molecule has 9 nitrogen and oxygen atoms in total. The SMILES string of the molecule is CC(C)c1ccccc1.O=P([O-])([O-])OP(=O)([O-])[O-].[Fe+5].[O-]O. The van der Waals surface area contributed by atoms with E-state index in [1.807, 2.05) is 6.07 Å². The first kappa shape index (κ1) is 25.8. The van der Waals surface area contributed by atoms with Gasteiger partial charge in [0.1, 0.15) is 0 Å². The van der Waals surface area contributed by atoms with Gasteiger partial charge >= 0.3 is 17.1 Å². The topological polar surface area (TPSA) is 179 Å². The third-order valence-electron chi connectivity index (χ3n) is 1.67. The molecular formula is C9H13FeO9P2. The van der Waals surface area contributed by atoms with Crippen molar-refractivity contribution in [2.24, 2.45) is 0 Å². The van der Waals surface area contributed by atoms with Gasteiger partial charge in [0.05, 0.1) is 15.6 Å². The molecule has 121 valence electrons. The average Bonchev–Trinajstić information content (AvgIpc) is 2.29. The molecule has 0 atom stereocenters. The summed E-state index contributed by atoms with van der Waals surface area (Å²) in [6.07, 6.45) is 0. The largest absolute Gasteiger partial charge is 5.00 e. The van der Waals surface area contributed by atoms with Crippen molar-refractivity contribution in [3.05, 3.63) is 35.9 Å². The van der Waals surface area contributed by atoms with Crippen molar-refractivity contribution in [3.8, 4) is 0 Å². The van der Waals surface area contributed by atoms with Gasteiger partial charge < -0.3 is 43.5 Å². The van der Waals surface area contributed by atoms with Crippen LogP contribution in [0.1, 0.15) is 25.3 Å². The van der Waals surface area contributed by atoms with Gasteiger partial charge in [0.2, 0.25) is 0 Å². The fraction of sp³-hybridized carbons (Fsp3) is 0.333. The molecule has 1 N–H and O–H groups in total. The summed E-state index contributed by atoms with van der Waals surface area (Å²) in [6, 6.07) is 10.5. The number of hydrogen-bond donors (Lipinski definition) is 1. The molecule has 0 aromatic heterocycles. The number of hydrogen-bond acceptors (Lipinski definition) is 9. The summed E-state index contributed by atoms with van der Waals surface area (Å²) < 4.78 is 21.2. The maximum atomic E-state index is 9.32. The number of phosphoric acid groups is 2. The van der Waals surface area contributed by atoms with Gasteiger partial charge in [0.25, 0.3) is 0 Å². The Kier molecular flexibility index (Phi) is 15.3. The van der Waals surface area contributed by atoms with Gasteiger partial charge in [-0.1, -0.05) is 44.2 Å². The van der Waals surface area contributed by atoms with E-state index in [2.05, 4.69) is 42.4 Å². The zero-order valence-corrected chi connectivity index (χ0v) is 13.8. The summed E-state index contributed by atoms with van der Waals surface area (Å²) in [7, 11) is -11.4. The molecule has 1 radical (unpaired) electrons. The zero-order valence-electron chi connectivity index (χ0n) is 10.9. The molecule has 0 spiro atoms. The smallest absolute Gasteiger partial charge is 0.790 e. The van der Waals surface area contributed by atoms with Crippen LogP contribution in [0, 0.1) is 0 Å². The Morgan fingerprint density at radius 3 is 1.43 bits per heavy atom. The van der Waals surface area contributed by atoms with Crippen LogP contribution in [0.15, 0.2) is 30.3 Å². The van der Waals surface area contributed by atoms with Gasteiger partial charge in [-0.15, -0.1) is 0 Å². The molecule has 1 aromatic carbocycles. The summed E-state index contributed by atoms with van der Waals surface area (Å²) >= 11 is 0. The Balaban J connectivity index is -0.000000264. The minimum Gasteiger partial charge on any atom is -0.790 e. The summed E-state index contributed by atoms with van der Waals surface area (Å²) in [5, 5.41) is 13.0. The first-order chi connectivity index (χ1) is 9.01. The zero-order chi connectivity index (χ0) is 16.4. The maximum absolute atomic E-state index is 9.32. The monoisotopic (exact) mass is 383 g/mol. The van der Waals surface area contributed by atoms with E-state index in [1.165, 1.54) is 5.56 Å². The van der Waals surface area contributed by atoms with Crippen molar-refractivity contribution in [2.45, 2.75) is 19.8 Å². The van der Waals surface area contributed by atoms with Crippen LogP contribution in [-0.2, 0) is 30.5 Å². The fourth-order valence-electron chi connectivity index (χ4n) is 0.960. The van der Waals surface area contributed by atoms with E-state index >= 15 is 0 Å². The average molecular weight is 383 g/mol. The third-order valence-corrected chi connectivity index (χ3v) is 3.27. The summed E-state index contributed by atoms with van der Waals surface area (Å²) in [5.74, 6) is 0.659. The van der Waals surface area contributed by atoms with E-state index in [0.717, 1.165) is 0 Å². The quantitative estimate of drug-likeness (QED) is 0.275. The minimum atomic E-state index is -5.68. The van der Waals surface area contributed by atoms with Crippen molar-refractivity contribution >= 4 is 15.6 Å². The van der Waals surface area contributed by atoms with Gasteiger partial charge in [0.15, 0.2) is 0 Å². The van der Waals surface area contributed by atoms with Gasteiger partial charge in [-0.05, 0) is 11.5 Å². The van der Waals surface area contributed by atoms with Crippen LogP contribution in [-0.4, -0.2) is 5.26 Å². The summed E-state index contributed by atoms with van der Waals surface area (Å²) in [5.41, 5.74) is 1.41. The standard InChI is InChI=1S/C9H12.Fe.H4O7P2.H2O2/c1-8(2)9-6-4-3-5-7-9;;1-8(2,3)7-9(4,5)6;1-2/h3-8H,1-2H3;;(H2,1,2,3)(H2,4,5,6);1-2H/q;+5;;/p-5. The number of benzene rings is 1. The second-order valence-electron chi connectivity index (χ2n) is 3.54. The van der Waals surface area contributed by atoms with Crippen molar-refractivity contribution in [1.82, 2.24) is 0 Å². The van der Waals surface area contributed by atoms with Gasteiger partial charge in [-0.25, -0.2) is 0 Å². The molecule has 1 aromatic rings. The minimum absolute atomic E-state index is 0. The van der Waals surface area contributed by atoms with Crippen LogP contribution < -0.4 is 24.8 Å². The Labute approximate surface area is 132 Å². The van der Waals surface area contributed by atoms with Gasteiger partial charge in [-0.2, -0.15) is 0 Å². The molecular weight excluding hydrogens is 370 g/mol. The Morgan fingerprint density at radius 2 is 1.29 bits per heavy atom. The predicted octanol–water partition coefficient (Wildman–Crippen LogP) is -1.71. The second kappa shape index (κ2) is 12.5. The van der Waals surface area contributed by atoms with Crippen molar-refractivity contribution in [1.29, 1.82) is 0 Å². The first-order valence-electron chi connectivity index (χ1n) is 5.00. The molecule has 0 unspecified atom stereocenters. The fourth-order valence-corrected chi connectivity index (χ4v) is 1.94. The van der Waals surface area contributed by atoms with Gasteiger partial charge in [-0.3, -0.25) is 0 Å². The van der Waals surface area contributed by atoms with E-state index in [0.29, 0.717) is 5.92 Å². The molecule has 0 saturated heterocycles. The van der Waals surface area contributed by atoms with E-state index < -0.39 is 15.6 Å². The summed E-state index contributed by atoms with van der Waals surface area (Å²) in [4.78, 5) is 37.3. The normalized spacial score (nSPS) is 10.5. The second-order valence-corrected chi connectivity index (χ2v) is 5.98. The molecule has 0 bridgehead atoms. The van der Waals surface area contributed by atoms with Crippen LogP contribution in [0.3, 0.4) is 0 Å². The van der Waals surface area contributed by atoms with Crippen LogP contribution in [0.5, 0.6) is 0 Å². The van der Waals surface area contributed by atoms with Gasteiger partial charge in [0, 0.05) is 0 Å². The predicted molar refractivity (Wildman–Crippen MR) is 59.5 cm³/mol. The molecule has 1 rings (SSSR count). The maximum Gasteiger partial charge on any atom is 5.00 e. The van der Waals surface area contributed by atoms with Crippen molar-refractivity contribution < 1.29 is 60.6 Å². The molecule has 0 heterocycles. The van der Waals surface area contributed by atoms with Crippen LogP contribution in [0.4, 0.5) is 0 Å². The molecule has 0 aliphatic rings. The van der Waals surface area contributed by atoms with Crippen molar-refractivity contribution in [2.75, 3.05) is 0 Å². The van der Waals surface area contributed by atoms with Crippen LogP contribution in [0.2, 0.25) is 0 Å². The molecule has 12 heteroatoms. The molecule has 0 fully saturated rings. The van der Waals surface area contributed by atoms with Crippen LogP contribution in [0.25, 0.3) is 0 Å². The first-order valence-corrected chi connectivity index (χ1v) is 7.92. The van der Waals surface area contributed by atoms with Crippen LogP contribution >= 0.6 is 15.6 Å². The van der Waals surface area contributed by atoms with E-state index in [-0.39, 0.29) is 17.1 Å². The number of rotatable bonds is 3. The molecule has 0 amide bonds. The van der Waals surface area contributed by atoms with Crippen molar-refractivity contribution in [3.63, 3.8) is 0 Å². The summed E-state index contributed by atoms with van der Waals surface area (Å²) in [6.45, 7) is 4.41.